The number of carbonyl (C=O) groups excluding carboxylic acids is 1. The number of urea groups is 1. The second-order valence-electron chi connectivity index (χ2n) is 6.80. The summed E-state index contributed by atoms with van der Waals surface area (Å²) in [6.07, 6.45) is 6.19. The largest absolute Gasteiger partial charge is 0.321 e. The molecule has 2 heterocycles. The molecule has 0 aromatic heterocycles. The van der Waals surface area contributed by atoms with Gasteiger partial charge in [0.05, 0.1) is 12.1 Å². The minimum absolute atomic E-state index is 0.213. The normalized spacial score (nSPS) is 29.7. The Kier molecular flexibility index (Phi) is 3.78. The van der Waals surface area contributed by atoms with E-state index in [2.05, 4.69) is 45.4 Å². The number of nitrogens with zero attached hydrogens (tertiary/aromatic N) is 2. The summed E-state index contributed by atoms with van der Waals surface area (Å²) in [5, 5.41) is 3.48. The van der Waals surface area contributed by atoms with Crippen molar-refractivity contribution in [3.63, 3.8) is 0 Å². The zero-order valence-electron chi connectivity index (χ0n) is 13.1. The van der Waals surface area contributed by atoms with E-state index in [1.54, 1.807) is 0 Å². The molecule has 2 aliphatic heterocycles. The van der Waals surface area contributed by atoms with Gasteiger partial charge in [0, 0.05) is 25.7 Å². The van der Waals surface area contributed by atoms with Gasteiger partial charge in [-0.25, -0.2) is 4.79 Å². The van der Waals surface area contributed by atoms with Crippen LogP contribution in [0.5, 0.6) is 0 Å². The monoisotopic (exact) mass is 299 g/mol. The van der Waals surface area contributed by atoms with Gasteiger partial charge in [-0.3, -0.25) is 0 Å². The SMILES string of the molecule is O=C1N2CCNC[C@@H]2[C@H](c2ccccc2)N1C1CCCCC1. The number of amides is 2. The Balaban J connectivity index is 1.70. The van der Waals surface area contributed by atoms with Gasteiger partial charge in [0.15, 0.2) is 0 Å². The zero-order chi connectivity index (χ0) is 14.9. The molecule has 22 heavy (non-hydrogen) atoms. The van der Waals surface area contributed by atoms with Crippen molar-refractivity contribution in [1.82, 2.24) is 15.1 Å². The Morgan fingerprint density at radius 2 is 1.82 bits per heavy atom. The summed E-state index contributed by atoms with van der Waals surface area (Å²) in [4.78, 5) is 17.4. The Morgan fingerprint density at radius 1 is 1.05 bits per heavy atom. The van der Waals surface area contributed by atoms with E-state index >= 15 is 0 Å². The van der Waals surface area contributed by atoms with Gasteiger partial charge in [0.25, 0.3) is 0 Å². The lowest BCUT2D eigenvalue weighted by atomic mass is 9.91. The molecule has 0 bridgehead atoms. The van der Waals surface area contributed by atoms with E-state index in [0.717, 1.165) is 19.6 Å². The first-order valence-corrected chi connectivity index (χ1v) is 8.71. The van der Waals surface area contributed by atoms with Crippen molar-refractivity contribution >= 4 is 6.03 Å². The Morgan fingerprint density at radius 3 is 2.59 bits per heavy atom. The molecular formula is C18H25N3O. The molecule has 2 amide bonds. The number of benzene rings is 1. The third-order valence-corrected chi connectivity index (χ3v) is 5.52. The maximum Gasteiger partial charge on any atom is 0.321 e. The van der Waals surface area contributed by atoms with Crippen molar-refractivity contribution in [3.8, 4) is 0 Å². The quantitative estimate of drug-likeness (QED) is 0.911. The number of hydrogen-bond donors (Lipinski definition) is 1. The molecule has 4 nitrogen and oxygen atoms in total. The number of carbonyl (C=O) groups is 1. The molecule has 1 aromatic rings. The van der Waals surface area contributed by atoms with Gasteiger partial charge < -0.3 is 15.1 Å². The summed E-state index contributed by atoms with van der Waals surface area (Å²) in [6.45, 7) is 2.67. The highest BCUT2D eigenvalue weighted by Gasteiger charge is 2.49. The van der Waals surface area contributed by atoms with Crippen LogP contribution in [-0.2, 0) is 0 Å². The first kappa shape index (κ1) is 14.1. The average molecular weight is 299 g/mol. The minimum atomic E-state index is 0.213. The number of rotatable bonds is 2. The van der Waals surface area contributed by atoms with Crippen molar-refractivity contribution in [1.29, 1.82) is 0 Å². The molecule has 1 aromatic carbocycles. The van der Waals surface area contributed by atoms with Gasteiger partial charge in [-0.15, -0.1) is 0 Å². The molecule has 0 unspecified atom stereocenters. The Hall–Kier alpha value is -1.55. The van der Waals surface area contributed by atoms with Gasteiger partial charge in [-0.1, -0.05) is 49.6 Å². The first-order chi connectivity index (χ1) is 10.9. The average Bonchev–Trinajstić information content (AvgIpc) is 2.90. The van der Waals surface area contributed by atoms with E-state index in [-0.39, 0.29) is 18.1 Å². The molecule has 1 aliphatic carbocycles. The van der Waals surface area contributed by atoms with Crippen molar-refractivity contribution in [3.05, 3.63) is 35.9 Å². The molecule has 2 atom stereocenters. The topological polar surface area (TPSA) is 35.6 Å². The van der Waals surface area contributed by atoms with Crippen molar-refractivity contribution < 1.29 is 4.79 Å². The van der Waals surface area contributed by atoms with Gasteiger partial charge in [0.1, 0.15) is 0 Å². The predicted molar refractivity (Wildman–Crippen MR) is 86.7 cm³/mol. The lowest BCUT2D eigenvalue weighted by molar-refractivity contribution is 0.146. The fourth-order valence-corrected chi connectivity index (χ4v) is 4.47. The van der Waals surface area contributed by atoms with Crippen LogP contribution >= 0.6 is 0 Å². The van der Waals surface area contributed by atoms with Crippen LogP contribution in [0.4, 0.5) is 4.79 Å². The summed E-state index contributed by atoms with van der Waals surface area (Å²) in [5.41, 5.74) is 1.29. The van der Waals surface area contributed by atoms with Crippen LogP contribution in [0.2, 0.25) is 0 Å². The van der Waals surface area contributed by atoms with E-state index in [4.69, 9.17) is 0 Å². The minimum Gasteiger partial charge on any atom is -0.317 e. The van der Waals surface area contributed by atoms with Gasteiger partial charge in [-0.2, -0.15) is 0 Å². The smallest absolute Gasteiger partial charge is 0.317 e. The molecule has 3 fully saturated rings. The highest BCUT2D eigenvalue weighted by atomic mass is 16.2. The fourth-order valence-electron chi connectivity index (χ4n) is 4.47. The molecule has 0 radical (unpaired) electrons. The zero-order valence-corrected chi connectivity index (χ0v) is 13.1. The second-order valence-corrected chi connectivity index (χ2v) is 6.80. The lowest BCUT2D eigenvalue weighted by Gasteiger charge is -2.36. The van der Waals surface area contributed by atoms with Gasteiger partial charge in [0.2, 0.25) is 0 Å². The van der Waals surface area contributed by atoms with Gasteiger partial charge in [-0.05, 0) is 18.4 Å². The van der Waals surface area contributed by atoms with Crippen LogP contribution < -0.4 is 5.32 Å². The Labute approximate surface area is 132 Å². The number of piperazine rings is 1. The van der Waals surface area contributed by atoms with Crippen molar-refractivity contribution in [2.24, 2.45) is 0 Å². The van der Waals surface area contributed by atoms with Crippen LogP contribution in [0.1, 0.15) is 43.7 Å². The maximum atomic E-state index is 13.0. The van der Waals surface area contributed by atoms with Gasteiger partial charge >= 0.3 is 6.03 Å². The maximum absolute atomic E-state index is 13.0. The second kappa shape index (κ2) is 5.92. The summed E-state index contributed by atoms with van der Waals surface area (Å²) in [5.74, 6) is 0. The van der Waals surface area contributed by atoms with Crippen LogP contribution in [0, 0.1) is 0 Å². The van der Waals surface area contributed by atoms with E-state index in [1.165, 1.54) is 37.7 Å². The number of fused-ring (bicyclic) bond motifs is 1. The Bertz CT molecular complexity index is 526. The van der Waals surface area contributed by atoms with E-state index in [0.29, 0.717) is 6.04 Å². The first-order valence-electron chi connectivity index (χ1n) is 8.71. The summed E-state index contributed by atoms with van der Waals surface area (Å²) < 4.78 is 0. The van der Waals surface area contributed by atoms with Crippen molar-refractivity contribution in [2.45, 2.75) is 50.2 Å². The molecule has 3 aliphatic rings. The molecule has 118 valence electrons. The molecular weight excluding hydrogens is 274 g/mol. The fraction of sp³-hybridized carbons (Fsp3) is 0.611. The summed E-state index contributed by atoms with van der Waals surface area (Å²) >= 11 is 0. The van der Waals surface area contributed by atoms with E-state index in [9.17, 15) is 4.79 Å². The highest BCUT2D eigenvalue weighted by Crippen LogP contribution is 2.40. The van der Waals surface area contributed by atoms with E-state index < -0.39 is 0 Å². The molecule has 4 rings (SSSR count). The molecule has 2 saturated heterocycles. The number of nitrogens with one attached hydrogen (secondary N) is 1. The molecule has 1 N–H and O–H groups in total. The molecule has 1 saturated carbocycles. The standard InChI is InChI=1S/C18H25N3O/c22-18-20-12-11-19-13-16(20)17(14-7-3-1-4-8-14)21(18)15-9-5-2-6-10-15/h1,3-4,7-8,15-17,19H,2,5-6,9-13H2/t16-,17+/m1/s1. The molecule has 4 heteroatoms. The van der Waals surface area contributed by atoms with Crippen molar-refractivity contribution in [2.75, 3.05) is 19.6 Å². The highest BCUT2D eigenvalue weighted by molar-refractivity contribution is 5.79. The van der Waals surface area contributed by atoms with Crippen LogP contribution in [0.25, 0.3) is 0 Å². The lowest BCUT2D eigenvalue weighted by Crippen LogP contribution is -2.50. The molecule has 0 spiro atoms. The third-order valence-electron chi connectivity index (χ3n) is 5.52. The predicted octanol–water partition coefficient (Wildman–Crippen LogP) is 2.77. The van der Waals surface area contributed by atoms with Crippen LogP contribution in [0.3, 0.4) is 0 Å². The van der Waals surface area contributed by atoms with Crippen LogP contribution in [0.15, 0.2) is 30.3 Å². The number of hydrogen-bond acceptors (Lipinski definition) is 2. The summed E-state index contributed by atoms with van der Waals surface area (Å²) in [6, 6.07) is 11.8. The summed E-state index contributed by atoms with van der Waals surface area (Å²) in [7, 11) is 0. The van der Waals surface area contributed by atoms with E-state index in [1.807, 2.05) is 0 Å². The van der Waals surface area contributed by atoms with Crippen LogP contribution in [-0.4, -0.2) is 47.5 Å². The third kappa shape index (κ3) is 2.30.